The Labute approximate surface area is 161 Å². The summed E-state index contributed by atoms with van der Waals surface area (Å²) in [6, 6.07) is 16.7. The molecule has 3 rings (SSSR count). The van der Waals surface area contributed by atoms with E-state index in [1.54, 1.807) is 37.5 Å². The second-order valence-electron chi connectivity index (χ2n) is 5.55. The van der Waals surface area contributed by atoms with Crippen molar-refractivity contribution in [1.29, 1.82) is 5.26 Å². The molecule has 3 aromatic rings. The number of thiazole rings is 1. The molecule has 0 aliphatic heterocycles. The van der Waals surface area contributed by atoms with Crippen LogP contribution >= 0.6 is 11.3 Å². The quantitative estimate of drug-likeness (QED) is 0.478. The maximum Gasteiger partial charge on any atom is 0.337 e. The van der Waals surface area contributed by atoms with E-state index < -0.39 is 5.97 Å². The fraction of sp³-hybridized carbons (Fsp3) is 0.0952. The van der Waals surface area contributed by atoms with E-state index >= 15 is 0 Å². The van der Waals surface area contributed by atoms with Gasteiger partial charge in [-0.3, -0.25) is 0 Å². The standard InChI is InChI=1S/C21H16N2O3S/c1-25-18-5-3-4-16(11-18)19-13-27-20(23-19)17(12-22)10-14-6-8-15(9-7-14)21(24)26-2/h3-11,13H,1-2H3/b17-10+. The lowest BCUT2D eigenvalue weighted by atomic mass is 10.1. The van der Waals surface area contributed by atoms with Crippen LogP contribution in [-0.4, -0.2) is 25.2 Å². The van der Waals surface area contributed by atoms with Gasteiger partial charge in [0.2, 0.25) is 0 Å². The zero-order chi connectivity index (χ0) is 19.2. The summed E-state index contributed by atoms with van der Waals surface area (Å²) in [5.74, 6) is 0.359. The van der Waals surface area contributed by atoms with Crippen LogP contribution in [-0.2, 0) is 4.74 Å². The Hall–Kier alpha value is -3.43. The van der Waals surface area contributed by atoms with Crippen molar-refractivity contribution >= 4 is 29.0 Å². The summed E-state index contributed by atoms with van der Waals surface area (Å²) in [5.41, 5.74) is 3.44. The minimum Gasteiger partial charge on any atom is -0.497 e. The van der Waals surface area contributed by atoms with Gasteiger partial charge in [0.05, 0.1) is 31.1 Å². The van der Waals surface area contributed by atoms with E-state index in [0.29, 0.717) is 16.1 Å². The monoisotopic (exact) mass is 376 g/mol. The first-order chi connectivity index (χ1) is 13.1. The van der Waals surface area contributed by atoms with Crippen LogP contribution in [0, 0.1) is 11.3 Å². The molecule has 0 aliphatic carbocycles. The molecule has 0 unspecified atom stereocenters. The van der Waals surface area contributed by atoms with Crippen molar-refractivity contribution in [3.8, 4) is 23.1 Å². The van der Waals surface area contributed by atoms with Crippen LogP contribution in [0.1, 0.15) is 20.9 Å². The number of hydrogen-bond donors (Lipinski definition) is 0. The van der Waals surface area contributed by atoms with Gasteiger partial charge in [-0.25, -0.2) is 9.78 Å². The molecule has 0 fully saturated rings. The summed E-state index contributed by atoms with van der Waals surface area (Å²) in [6.45, 7) is 0. The van der Waals surface area contributed by atoms with Crippen LogP contribution in [0.2, 0.25) is 0 Å². The molecule has 0 N–H and O–H groups in total. The first-order valence-corrected chi connectivity index (χ1v) is 8.93. The Morgan fingerprint density at radius 1 is 1.19 bits per heavy atom. The highest BCUT2D eigenvalue weighted by atomic mass is 32.1. The Morgan fingerprint density at radius 2 is 1.96 bits per heavy atom. The first kappa shape index (κ1) is 18.4. The van der Waals surface area contributed by atoms with Crippen molar-refractivity contribution < 1.29 is 14.3 Å². The second kappa shape index (κ2) is 8.30. The predicted octanol–water partition coefficient (Wildman–Crippen LogP) is 4.67. The van der Waals surface area contributed by atoms with Crippen LogP contribution in [0.3, 0.4) is 0 Å². The summed E-state index contributed by atoms with van der Waals surface area (Å²) >= 11 is 1.40. The molecule has 0 saturated carbocycles. The molecule has 27 heavy (non-hydrogen) atoms. The number of hydrogen-bond acceptors (Lipinski definition) is 6. The molecule has 5 nitrogen and oxygen atoms in total. The van der Waals surface area contributed by atoms with Crippen molar-refractivity contribution in [1.82, 2.24) is 4.98 Å². The van der Waals surface area contributed by atoms with Gasteiger partial charge in [0.25, 0.3) is 0 Å². The number of carbonyl (C=O) groups is 1. The summed E-state index contributed by atoms with van der Waals surface area (Å²) in [5, 5.41) is 12.1. The Bertz CT molecular complexity index is 1030. The molecule has 1 aromatic heterocycles. The highest BCUT2D eigenvalue weighted by molar-refractivity contribution is 7.11. The molecular formula is C21H16N2O3S. The number of nitrogens with zero attached hydrogens (tertiary/aromatic N) is 2. The highest BCUT2D eigenvalue weighted by Gasteiger charge is 2.10. The second-order valence-corrected chi connectivity index (χ2v) is 6.41. The minimum absolute atomic E-state index is 0.395. The molecule has 134 valence electrons. The lowest BCUT2D eigenvalue weighted by Gasteiger charge is -2.01. The fourth-order valence-corrected chi connectivity index (χ4v) is 3.25. The average Bonchev–Trinajstić information content (AvgIpc) is 3.22. The maximum absolute atomic E-state index is 11.5. The van der Waals surface area contributed by atoms with Crippen LogP contribution in [0.5, 0.6) is 5.75 Å². The molecule has 0 amide bonds. The van der Waals surface area contributed by atoms with Gasteiger partial charge in [0.15, 0.2) is 0 Å². The first-order valence-electron chi connectivity index (χ1n) is 8.05. The van der Waals surface area contributed by atoms with Crippen molar-refractivity contribution in [2.24, 2.45) is 0 Å². The predicted molar refractivity (Wildman–Crippen MR) is 105 cm³/mol. The number of esters is 1. The number of nitriles is 1. The molecule has 0 bridgehead atoms. The zero-order valence-electron chi connectivity index (χ0n) is 14.8. The zero-order valence-corrected chi connectivity index (χ0v) is 15.6. The number of aromatic nitrogens is 1. The van der Waals surface area contributed by atoms with Crippen LogP contribution in [0.25, 0.3) is 22.9 Å². The van der Waals surface area contributed by atoms with E-state index in [2.05, 4.69) is 15.8 Å². The minimum atomic E-state index is -0.395. The van der Waals surface area contributed by atoms with E-state index in [9.17, 15) is 10.1 Å². The SMILES string of the molecule is COC(=O)c1ccc(/C=C(\C#N)c2nc(-c3cccc(OC)c3)cs2)cc1. The van der Waals surface area contributed by atoms with Gasteiger partial charge in [0, 0.05) is 10.9 Å². The van der Waals surface area contributed by atoms with Gasteiger partial charge in [-0.1, -0.05) is 24.3 Å². The molecule has 0 spiro atoms. The highest BCUT2D eigenvalue weighted by Crippen LogP contribution is 2.29. The van der Waals surface area contributed by atoms with E-state index in [1.165, 1.54) is 18.4 Å². The van der Waals surface area contributed by atoms with E-state index in [1.807, 2.05) is 29.6 Å². The van der Waals surface area contributed by atoms with E-state index in [4.69, 9.17) is 4.74 Å². The number of methoxy groups -OCH3 is 2. The van der Waals surface area contributed by atoms with Crippen molar-refractivity contribution in [3.63, 3.8) is 0 Å². The topological polar surface area (TPSA) is 72.2 Å². The van der Waals surface area contributed by atoms with Gasteiger partial charge in [-0.15, -0.1) is 11.3 Å². The largest absolute Gasteiger partial charge is 0.497 e. The molecule has 2 aromatic carbocycles. The summed E-state index contributed by atoms with van der Waals surface area (Å²) in [6.07, 6.45) is 1.75. The molecule has 0 aliphatic rings. The Kier molecular flexibility index (Phi) is 5.64. The summed E-state index contributed by atoms with van der Waals surface area (Å²) in [4.78, 5) is 16.1. The third-order valence-corrected chi connectivity index (χ3v) is 4.74. The van der Waals surface area contributed by atoms with Crippen LogP contribution in [0.15, 0.2) is 53.9 Å². The van der Waals surface area contributed by atoms with Crippen molar-refractivity contribution in [2.45, 2.75) is 0 Å². The van der Waals surface area contributed by atoms with Crippen molar-refractivity contribution in [2.75, 3.05) is 14.2 Å². The Balaban J connectivity index is 1.88. The summed E-state index contributed by atoms with van der Waals surface area (Å²) < 4.78 is 9.93. The molecule has 0 atom stereocenters. The third kappa shape index (κ3) is 4.22. The van der Waals surface area contributed by atoms with Crippen molar-refractivity contribution in [3.05, 3.63) is 70.0 Å². The van der Waals surface area contributed by atoms with E-state index in [-0.39, 0.29) is 0 Å². The smallest absolute Gasteiger partial charge is 0.337 e. The molecule has 6 heteroatoms. The van der Waals surface area contributed by atoms with E-state index in [0.717, 1.165) is 22.6 Å². The molecule has 0 radical (unpaired) electrons. The molecule has 0 saturated heterocycles. The molecule has 1 heterocycles. The number of rotatable bonds is 5. The normalized spacial score (nSPS) is 10.9. The lowest BCUT2D eigenvalue weighted by molar-refractivity contribution is 0.0600. The number of carbonyl (C=O) groups excluding carboxylic acids is 1. The lowest BCUT2D eigenvalue weighted by Crippen LogP contribution is -2.00. The molecular weight excluding hydrogens is 360 g/mol. The Morgan fingerprint density at radius 3 is 2.63 bits per heavy atom. The fourth-order valence-electron chi connectivity index (χ4n) is 2.45. The van der Waals surface area contributed by atoms with Gasteiger partial charge in [0.1, 0.15) is 16.8 Å². The number of benzene rings is 2. The van der Waals surface area contributed by atoms with Gasteiger partial charge in [-0.2, -0.15) is 5.26 Å². The van der Waals surface area contributed by atoms with Gasteiger partial charge in [-0.05, 0) is 35.9 Å². The maximum atomic E-state index is 11.5. The third-order valence-electron chi connectivity index (χ3n) is 3.86. The van der Waals surface area contributed by atoms with Crippen LogP contribution < -0.4 is 4.74 Å². The number of allylic oxidation sites excluding steroid dienone is 1. The van der Waals surface area contributed by atoms with Gasteiger partial charge < -0.3 is 9.47 Å². The van der Waals surface area contributed by atoms with Gasteiger partial charge >= 0.3 is 5.97 Å². The number of ether oxygens (including phenoxy) is 2. The average molecular weight is 376 g/mol. The summed E-state index contributed by atoms with van der Waals surface area (Å²) in [7, 11) is 2.96. The van der Waals surface area contributed by atoms with Crippen LogP contribution in [0.4, 0.5) is 0 Å².